The molecule has 0 heterocycles. The molecule has 0 saturated heterocycles. The molecule has 4 heteroatoms. The molecule has 0 aliphatic heterocycles. The summed E-state index contributed by atoms with van der Waals surface area (Å²) in [5, 5.41) is 0. The van der Waals surface area contributed by atoms with Gasteiger partial charge in [0.25, 0.3) is 0 Å². The van der Waals surface area contributed by atoms with E-state index in [1.807, 2.05) is 0 Å². The maximum Gasteiger partial charge on any atom is 0.338 e. The van der Waals surface area contributed by atoms with Gasteiger partial charge in [0.05, 0.1) is 25.3 Å². The first-order valence-electron chi connectivity index (χ1n) is 4.79. The Bertz CT molecular complexity index is 435. The maximum absolute atomic E-state index is 11.4. The summed E-state index contributed by atoms with van der Waals surface area (Å²) in [7, 11) is 2.78. The van der Waals surface area contributed by atoms with E-state index in [2.05, 4.69) is 4.74 Å². The van der Waals surface area contributed by atoms with Crippen LogP contribution in [0.25, 0.3) is 0 Å². The minimum Gasteiger partial charge on any atom is -0.496 e. The maximum atomic E-state index is 11.4. The van der Waals surface area contributed by atoms with Crippen LogP contribution < -0.4 is 4.74 Å². The van der Waals surface area contributed by atoms with Gasteiger partial charge in [-0.15, -0.1) is 0 Å². The van der Waals surface area contributed by atoms with Crippen molar-refractivity contribution in [1.82, 2.24) is 0 Å². The van der Waals surface area contributed by atoms with Crippen LogP contribution in [0.3, 0.4) is 0 Å². The number of carbonyl (C=O) groups is 2. The predicted molar refractivity (Wildman–Crippen MR) is 59.1 cm³/mol. The fraction of sp³-hybridized carbons (Fsp3) is 0.333. The highest BCUT2D eigenvalue weighted by Crippen LogP contribution is 2.27. The Morgan fingerprint density at radius 2 is 1.69 bits per heavy atom. The van der Waals surface area contributed by atoms with Gasteiger partial charge in [0.1, 0.15) is 5.75 Å². The fourth-order valence-electron chi connectivity index (χ4n) is 1.56. The molecule has 4 nitrogen and oxygen atoms in total. The Morgan fingerprint density at radius 1 is 1.12 bits per heavy atom. The second-order valence-electron chi connectivity index (χ2n) is 3.37. The van der Waals surface area contributed by atoms with Gasteiger partial charge < -0.3 is 9.47 Å². The van der Waals surface area contributed by atoms with Crippen LogP contribution in [0.4, 0.5) is 0 Å². The molecule has 0 atom stereocenters. The number of benzene rings is 1. The summed E-state index contributed by atoms with van der Waals surface area (Å²) in [6.07, 6.45) is 0. The molecule has 0 aromatic heterocycles. The molecule has 1 rings (SSSR count). The number of hydrogen-bond acceptors (Lipinski definition) is 4. The van der Waals surface area contributed by atoms with Crippen LogP contribution in [0, 0.1) is 6.92 Å². The summed E-state index contributed by atoms with van der Waals surface area (Å²) < 4.78 is 9.78. The number of methoxy groups -OCH3 is 2. The van der Waals surface area contributed by atoms with Gasteiger partial charge in [0.2, 0.25) is 0 Å². The Kier molecular flexibility index (Phi) is 3.66. The Morgan fingerprint density at radius 3 is 2.12 bits per heavy atom. The molecule has 0 aliphatic rings. The molecule has 1 aromatic rings. The van der Waals surface area contributed by atoms with Crippen LogP contribution in [0.1, 0.15) is 33.2 Å². The van der Waals surface area contributed by atoms with Crippen molar-refractivity contribution in [2.75, 3.05) is 14.2 Å². The average molecular weight is 222 g/mol. The van der Waals surface area contributed by atoms with Gasteiger partial charge in [-0.2, -0.15) is 0 Å². The van der Waals surface area contributed by atoms with E-state index in [1.54, 1.807) is 19.1 Å². The third-order valence-electron chi connectivity index (χ3n) is 2.39. The topological polar surface area (TPSA) is 52.6 Å². The molecule has 0 saturated carbocycles. The average Bonchev–Trinajstić information content (AvgIpc) is 2.27. The summed E-state index contributed by atoms with van der Waals surface area (Å²) in [5.74, 6) is -0.113. The summed E-state index contributed by atoms with van der Waals surface area (Å²) in [6, 6.07) is 3.14. The normalized spacial score (nSPS) is 9.75. The molecule has 0 spiro atoms. The van der Waals surface area contributed by atoms with Gasteiger partial charge in [-0.25, -0.2) is 4.79 Å². The zero-order chi connectivity index (χ0) is 12.3. The van der Waals surface area contributed by atoms with E-state index in [0.29, 0.717) is 22.4 Å². The Hall–Kier alpha value is -1.84. The molecule has 0 radical (unpaired) electrons. The molecule has 1 aromatic carbocycles. The van der Waals surface area contributed by atoms with Gasteiger partial charge in [-0.1, -0.05) is 0 Å². The van der Waals surface area contributed by atoms with Crippen LogP contribution in [0.2, 0.25) is 0 Å². The fourth-order valence-corrected chi connectivity index (χ4v) is 1.56. The highest BCUT2D eigenvalue weighted by molar-refractivity contribution is 6.00. The van der Waals surface area contributed by atoms with E-state index in [4.69, 9.17) is 4.74 Å². The summed E-state index contributed by atoms with van der Waals surface area (Å²) in [6.45, 7) is 3.17. The Balaban J connectivity index is 3.40. The van der Waals surface area contributed by atoms with E-state index in [1.165, 1.54) is 21.1 Å². The van der Waals surface area contributed by atoms with E-state index in [-0.39, 0.29) is 5.78 Å². The van der Waals surface area contributed by atoms with Crippen molar-refractivity contribution in [2.24, 2.45) is 0 Å². The van der Waals surface area contributed by atoms with Crippen LogP contribution in [0.15, 0.2) is 12.1 Å². The number of carbonyl (C=O) groups excluding carboxylic acids is 2. The number of ketones is 1. The Labute approximate surface area is 94.2 Å². The van der Waals surface area contributed by atoms with Crippen molar-refractivity contribution in [3.63, 3.8) is 0 Å². The quantitative estimate of drug-likeness (QED) is 0.579. The van der Waals surface area contributed by atoms with Crippen LogP contribution in [0.5, 0.6) is 5.75 Å². The minimum absolute atomic E-state index is 0.101. The van der Waals surface area contributed by atoms with Crippen LogP contribution in [-0.2, 0) is 4.74 Å². The van der Waals surface area contributed by atoms with Crippen LogP contribution in [-0.4, -0.2) is 26.0 Å². The molecule has 86 valence electrons. The summed E-state index contributed by atoms with van der Waals surface area (Å²) >= 11 is 0. The SMILES string of the molecule is COC(=O)c1ccc(C(C)=O)c(OC)c1C. The lowest BCUT2D eigenvalue weighted by Crippen LogP contribution is -2.08. The van der Waals surface area contributed by atoms with Crippen LogP contribution >= 0.6 is 0 Å². The number of ether oxygens (including phenoxy) is 2. The number of hydrogen-bond donors (Lipinski definition) is 0. The summed E-state index contributed by atoms with van der Waals surface area (Å²) in [4.78, 5) is 22.8. The summed E-state index contributed by atoms with van der Waals surface area (Å²) in [5.41, 5.74) is 1.49. The predicted octanol–water partition coefficient (Wildman–Crippen LogP) is 1.99. The second kappa shape index (κ2) is 4.79. The van der Waals surface area contributed by atoms with Gasteiger partial charge in [-0.05, 0) is 26.0 Å². The van der Waals surface area contributed by atoms with Crippen molar-refractivity contribution < 1.29 is 19.1 Å². The lowest BCUT2D eigenvalue weighted by atomic mass is 10.0. The third-order valence-corrected chi connectivity index (χ3v) is 2.39. The highest BCUT2D eigenvalue weighted by Gasteiger charge is 2.17. The first-order chi connectivity index (χ1) is 7.52. The number of rotatable bonds is 3. The molecular weight excluding hydrogens is 208 g/mol. The molecule has 16 heavy (non-hydrogen) atoms. The zero-order valence-corrected chi connectivity index (χ0v) is 9.79. The van der Waals surface area contributed by atoms with Crippen molar-refractivity contribution >= 4 is 11.8 Å². The molecule has 0 unspecified atom stereocenters. The standard InChI is InChI=1S/C12H14O4/c1-7-9(12(14)16-4)5-6-10(8(2)13)11(7)15-3/h5-6H,1-4H3. The molecule has 0 N–H and O–H groups in total. The van der Waals surface area contributed by atoms with Gasteiger partial charge >= 0.3 is 5.97 Å². The molecule has 0 bridgehead atoms. The van der Waals surface area contributed by atoms with Crippen molar-refractivity contribution in [3.05, 3.63) is 28.8 Å². The smallest absolute Gasteiger partial charge is 0.338 e. The van der Waals surface area contributed by atoms with Gasteiger partial charge in [-0.3, -0.25) is 4.79 Å². The third kappa shape index (κ3) is 2.05. The molecule has 0 aliphatic carbocycles. The molecular formula is C12H14O4. The highest BCUT2D eigenvalue weighted by atomic mass is 16.5. The first kappa shape index (κ1) is 12.2. The number of esters is 1. The lowest BCUT2D eigenvalue weighted by Gasteiger charge is -2.12. The van der Waals surface area contributed by atoms with Crippen molar-refractivity contribution in [1.29, 1.82) is 0 Å². The first-order valence-corrected chi connectivity index (χ1v) is 4.79. The van der Waals surface area contributed by atoms with E-state index >= 15 is 0 Å². The second-order valence-corrected chi connectivity index (χ2v) is 3.37. The van der Waals surface area contributed by atoms with E-state index in [0.717, 1.165) is 0 Å². The largest absolute Gasteiger partial charge is 0.496 e. The van der Waals surface area contributed by atoms with Gasteiger partial charge in [0.15, 0.2) is 5.78 Å². The van der Waals surface area contributed by atoms with Crippen molar-refractivity contribution in [2.45, 2.75) is 13.8 Å². The van der Waals surface area contributed by atoms with E-state index in [9.17, 15) is 9.59 Å². The van der Waals surface area contributed by atoms with Crippen molar-refractivity contribution in [3.8, 4) is 5.75 Å². The molecule has 0 fully saturated rings. The number of Topliss-reactive ketones (excluding diaryl/α,β-unsaturated/α-hetero) is 1. The zero-order valence-electron chi connectivity index (χ0n) is 9.79. The molecule has 0 amide bonds. The monoisotopic (exact) mass is 222 g/mol. The minimum atomic E-state index is -0.439. The lowest BCUT2D eigenvalue weighted by molar-refractivity contribution is 0.0599. The van der Waals surface area contributed by atoms with Gasteiger partial charge in [0, 0.05) is 5.56 Å². The van der Waals surface area contributed by atoms with E-state index < -0.39 is 5.97 Å².